The van der Waals surface area contributed by atoms with E-state index in [2.05, 4.69) is 4.74 Å². The van der Waals surface area contributed by atoms with Gasteiger partial charge in [0.25, 0.3) is 0 Å². The standard InChI is InChI=1S/C15H17F2NO3S/c1-11(10-14(19)18-6-8-22(20)9-7-18)12-4-2-3-5-13(12)21-15(16)17/h2-5,10,15H,6-9H2,1H3. The van der Waals surface area contributed by atoms with Gasteiger partial charge in [0.15, 0.2) is 0 Å². The lowest BCUT2D eigenvalue weighted by molar-refractivity contribution is -0.125. The predicted octanol–water partition coefficient (Wildman–Crippen LogP) is 2.28. The van der Waals surface area contributed by atoms with E-state index in [0.29, 0.717) is 35.7 Å². The molecule has 0 aromatic heterocycles. The Morgan fingerprint density at radius 2 is 1.95 bits per heavy atom. The third kappa shape index (κ3) is 4.37. The second kappa shape index (κ2) is 7.49. The van der Waals surface area contributed by atoms with Crippen molar-refractivity contribution in [3.63, 3.8) is 0 Å². The van der Waals surface area contributed by atoms with Gasteiger partial charge in [0.05, 0.1) is 0 Å². The molecule has 1 saturated heterocycles. The number of rotatable bonds is 4. The number of amides is 1. The van der Waals surface area contributed by atoms with Gasteiger partial charge in [-0.25, -0.2) is 0 Å². The first-order valence-corrected chi connectivity index (χ1v) is 8.32. The van der Waals surface area contributed by atoms with Crippen molar-refractivity contribution >= 4 is 22.3 Å². The molecular formula is C15H17F2NO3S. The third-order valence-electron chi connectivity index (χ3n) is 3.36. The van der Waals surface area contributed by atoms with Gasteiger partial charge in [-0.15, -0.1) is 0 Å². The van der Waals surface area contributed by atoms with Gasteiger partial charge in [-0.1, -0.05) is 18.2 Å². The molecule has 22 heavy (non-hydrogen) atoms. The maximum atomic E-state index is 12.4. The van der Waals surface area contributed by atoms with Crippen molar-refractivity contribution in [1.29, 1.82) is 0 Å². The minimum absolute atomic E-state index is 0.0406. The second-order valence-electron chi connectivity index (χ2n) is 4.88. The number of nitrogens with zero attached hydrogens (tertiary/aromatic N) is 1. The summed E-state index contributed by atoms with van der Waals surface area (Å²) in [7, 11) is -0.854. The summed E-state index contributed by atoms with van der Waals surface area (Å²) in [4.78, 5) is 13.8. The first kappa shape index (κ1) is 16.6. The molecule has 4 nitrogen and oxygen atoms in total. The van der Waals surface area contributed by atoms with Crippen molar-refractivity contribution < 1.29 is 22.5 Å². The SMILES string of the molecule is CC(=CC(=O)N1CCS(=O)CC1)c1ccccc1OC(F)F. The van der Waals surface area contributed by atoms with E-state index in [-0.39, 0.29) is 11.7 Å². The number of carbonyl (C=O) groups excluding carboxylic acids is 1. The van der Waals surface area contributed by atoms with E-state index in [1.165, 1.54) is 12.1 Å². The van der Waals surface area contributed by atoms with Crippen LogP contribution < -0.4 is 4.74 Å². The number of allylic oxidation sites excluding steroid dienone is 1. The smallest absolute Gasteiger partial charge is 0.387 e. The van der Waals surface area contributed by atoms with Crippen molar-refractivity contribution in [2.24, 2.45) is 0 Å². The maximum absolute atomic E-state index is 12.4. The highest BCUT2D eigenvalue weighted by Crippen LogP contribution is 2.27. The largest absolute Gasteiger partial charge is 0.434 e. The highest BCUT2D eigenvalue weighted by Gasteiger charge is 2.19. The predicted molar refractivity (Wildman–Crippen MR) is 81.2 cm³/mol. The molecular weight excluding hydrogens is 312 g/mol. The number of hydrogen-bond acceptors (Lipinski definition) is 3. The summed E-state index contributed by atoms with van der Waals surface area (Å²) >= 11 is 0. The lowest BCUT2D eigenvalue weighted by Gasteiger charge is -2.25. The number of hydrogen-bond donors (Lipinski definition) is 0. The average molecular weight is 329 g/mol. The van der Waals surface area contributed by atoms with Crippen LogP contribution in [0.25, 0.3) is 5.57 Å². The van der Waals surface area contributed by atoms with Crippen LogP contribution in [-0.2, 0) is 15.6 Å². The minimum atomic E-state index is -2.92. The van der Waals surface area contributed by atoms with Crippen LogP contribution >= 0.6 is 0 Å². The van der Waals surface area contributed by atoms with Gasteiger partial charge in [0, 0.05) is 47.0 Å². The molecule has 2 rings (SSSR count). The highest BCUT2D eigenvalue weighted by molar-refractivity contribution is 7.85. The fourth-order valence-electron chi connectivity index (χ4n) is 2.20. The molecule has 1 aliphatic rings. The third-order valence-corrected chi connectivity index (χ3v) is 4.63. The van der Waals surface area contributed by atoms with Crippen molar-refractivity contribution in [3.8, 4) is 5.75 Å². The zero-order chi connectivity index (χ0) is 16.1. The molecule has 0 N–H and O–H groups in total. The van der Waals surface area contributed by atoms with Gasteiger partial charge in [-0.3, -0.25) is 9.00 Å². The fourth-order valence-corrected chi connectivity index (χ4v) is 3.26. The molecule has 1 aromatic carbocycles. The van der Waals surface area contributed by atoms with E-state index in [0.717, 1.165) is 0 Å². The van der Waals surface area contributed by atoms with E-state index in [1.54, 1.807) is 30.0 Å². The molecule has 0 bridgehead atoms. The Hall–Kier alpha value is -1.76. The van der Waals surface area contributed by atoms with Gasteiger partial charge in [-0.2, -0.15) is 8.78 Å². The van der Waals surface area contributed by atoms with Crippen LogP contribution in [0.5, 0.6) is 5.75 Å². The Balaban J connectivity index is 2.15. The Morgan fingerprint density at radius 3 is 2.59 bits per heavy atom. The normalized spacial score (nSPS) is 16.9. The summed E-state index contributed by atoms with van der Waals surface area (Å²) in [6, 6.07) is 6.35. The van der Waals surface area contributed by atoms with Gasteiger partial charge >= 0.3 is 6.61 Å². The molecule has 0 atom stereocenters. The average Bonchev–Trinajstić information content (AvgIpc) is 2.47. The number of alkyl halides is 2. The highest BCUT2D eigenvalue weighted by atomic mass is 32.2. The van der Waals surface area contributed by atoms with Gasteiger partial charge in [-0.05, 0) is 18.6 Å². The van der Waals surface area contributed by atoms with Crippen molar-refractivity contribution in [2.45, 2.75) is 13.5 Å². The maximum Gasteiger partial charge on any atom is 0.387 e. The van der Waals surface area contributed by atoms with Crippen LogP contribution in [0.2, 0.25) is 0 Å². The van der Waals surface area contributed by atoms with Gasteiger partial charge in [0.1, 0.15) is 5.75 Å². The van der Waals surface area contributed by atoms with E-state index in [4.69, 9.17) is 0 Å². The zero-order valence-electron chi connectivity index (χ0n) is 12.1. The summed E-state index contributed by atoms with van der Waals surface area (Å²) < 4.78 is 40.6. The molecule has 0 saturated carbocycles. The van der Waals surface area contributed by atoms with Crippen LogP contribution in [0.4, 0.5) is 8.78 Å². The molecule has 7 heteroatoms. The number of carbonyl (C=O) groups is 1. The Bertz CT molecular complexity index is 594. The summed E-state index contributed by atoms with van der Waals surface area (Å²) in [6.07, 6.45) is 1.40. The van der Waals surface area contributed by atoms with E-state index in [9.17, 15) is 17.8 Å². The fraction of sp³-hybridized carbons (Fsp3) is 0.400. The Labute approximate surface area is 130 Å². The van der Waals surface area contributed by atoms with E-state index in [1.807, 2.05) is 0 Å². The summed E-state index contributed by atoms with van der Waals surface area (Å²) in [5, 5.41) is 0. The van der Waals surface area contributed by atoms with Crippen molar-refractivity contribution in [3.05, 3.63) is 35.9 Å². The summed E-state index contributed by atoms with van der Waals surface area (Å²) in [6.45, 7) is -0.343. The number of halogens is 2. The topological polar surface area (TPSA) is 46.6 Å². The summed E-state index contributed by atoms with van der Waals surface area (Å²) in [5.74, 6) is 0.785. The van der Waals surface area contributed by atoms with E-state index < -0.39 is 17.4 Å². The van der Waals surface area contributed by atoms with Crippen LogP contribution in [-0.4, -0.2) is 46.2 Å². The molecule has 1 fully saturated rings. The minimum Gasteiger partial charge on any atom is -0.434 e. The van der Waals surface area contributed by atoms with Crippen molar-refractivity contribution in [1.82, 2.24) is 4.90 Å². The lowest BCUT2D eigenvalue weighted by Crippen LogP contribution is -2.41. The molecule has 1 amide bonds. The van der Waals surface area contributed by atoms with Crippen LogP contribution in [0, 0.1) is 0 Å². The van der Waals surface area contributed by atoms with Crippen LogP contribution in [0.15, 0.2) is 30.3 Å². The van der Waals surface area contributed by atoms with Crippen LogP contribution in [0.3, 0.4) is 0 Å². The van der Waals surface area contributed by atoms with E-state index >= 15 is 0 Å². The lowest BCUT2D eigenvalue weighted by atomic mass is 10.1. The molecule has 0 unspecified atom stereocenters. The molecule has 0 radical (unpaired) electrons. The number of ether oxygens (including phenoxy) is 1. The molecule has 1 aliphatic heterocycles. The molecule has 1 heterocycles. The molecule has 120 valence electrons. The first-order chi connectivity index (χ1) is 10.5. The Morgan fingerprint density at radius 1 is 1.32 bits per heavy atom. The molecule has 0 aliphatic carbocycles. The zero-order valence-corrected chi connectivity index (χ0v) is 12.9. The quantitative estimate of drug-likeness (QED) is 0.796. The van der Waals surface area contributed by atoms with Gasteiger partial charge in [0.2, 0.25) is 5.91 Å². The molecule has 0 spiro atoms. The van der Waals surface area contributed by atoms with Crippen LogP contribution in [0.1, 0.15) is 12.5 Å². The monoisotopic (exact) mass is 329 g/mol. The summed E-state index contributed by atoms with van der Waals surface area (Å²) in [5.41, 5.74) is 1.00. The first-order valence-electron chi connectivity index (χ1n) is 6.84. The van der Waals surface area contributed by atoms with Crippen molar-refractivity contribution in [2.75, 3.05) is 24.6 Å². The number of benzene rings is 1. The number of para-hydroxylation sites is 1. The molecule has 1 aromatic rings. The van der Waals surface area contributed by atoms with Gasteiger partial charge < -0.3 is 9.64 Å². The Kier molecular flexibility index (Phi) is 5.65. The second-order valence-corrected chi connectivity index (χ2v) is 6.57.